The zero-order valence-electron chi connectivity index (χ0n) is 16.7. The number of hydrogen-bond donors (Lipinski definition) is 0. The maximum atomic E-state index is 13.4. The number of fused-ring (bicyclic) bond motifs is 1. The van der Waals surface area contributed by atoms with E-state index in [-0.39, 0.29) is 5.91 Å². The molecule has 4 aromatic heterocycles. The second-order valence-corrected chi connectivity index (χ2v) is 6.68. The Balaban J connectivity index is 1.79. The van der Waals surface area contributed by atoms with Gasteiger partial charge >= 0.3 is 0 Å². The number of rotatable bonds is 6. The fourth-order valence-corrected chi connectivity index (χ4v) is 3.14. The Morgan fingerprint density at radius 2 is 1.97 bits per heavy atom. The molecule has 0 atom stereocenters. The molecule has 0 N–H and O–H groups in total. The number of pyridine rings is 1. The van der Waals surface area contributed by atoms with E-state index in [1.54, 1.807) is 29.5 Å². The van der Waals surface area contributed by atoms with E-state index in [0.29, 0.717) is 58.2 Å². The first-order valence-electron chi connectivity index (χ1n) is 9.40. The van der Waals surface area contributed by atoms with E-state index in [9.17, 15) is 4.79 Å². The molecule has 0 aromatic carbocycles. The minimum absolute atomic E-state index is 0.176. The predicted octanol–water partition coefficient (Wildman–Crippen LogP) is 2.77. The number of carbonyl (C=O) groups excluding carboxylic acids is 1. The first-order chi connectivity index (χ1) is 14.0. The number of aryl methyl sites for hydroxylation is 3. The van der Waals surface area contributed by atoms with Gasteiger partial charge in [-0.1, -0.05) is 15.5 Å². The molecule has 0 aliphatic rings. The van der Waals surface area contributed by atoms with Crippen LogP contribution in [0.4, 0.5) is 0 Å². The summed E-state index contributed by atoms with van der Waals surface area (Å²) < 4.78 is 11.9. The van der Waals surface area contributed by atoms with Gasteiger partial charge in [0, 0.05) is 19.3 Å². The zero-order valence-corrected chi connectivity index (χ0v) is 16.7. The van der Waals surface area contributed by atoms with Crippen molar-refractivity contribution in [2.45, 2.75) is 40.8 Å². The summed E-state index contributed by atoms with van der Waals surface area (Å²) in [5, 5.41) is 16.8. The molecular formula is C19H21N7O3. The number of nitrogens with zero attached hydrogens (tertiary/aromatic N) is 7. The highest BCUT2D eigenvalue weighted by Gasteiger charge is 2.24. The van der Waals surface area contributed by atoms with Gasteiger partial charge in [-0.3, -0.25) is 9.48 Å². The molecule has 4 rings (SSSR count). The summed E-state index contributed by atoms with van der Waals surface area (Å²) in [4.78, 5) is 19.6. The van der Waals surface area contributed by atoms with E-state index in [2.05, 4.69) is 25.6 Å². The minimum Gasteiger partial charge on any atom is -0.335 e. The van der Waals surface area contributed by atoms with Gasteiger partial charge in [-0.05, 0) is 39.8 Å². The van der Waals surface area contributed by atoms with E-state index in [1.165, 1.54) is 0 Å². The second kappa shape index (κ2) is 7.46. The molecule has 1 amide bonds. The summed E-state index contributed by atoms with van der Waals surface area (Å²) >= 11 is 0. The number of carbonyl (C=O) groups is 1. The van der Waals surface area contributed by atoms with Crippen LogP contribution in [0.3, 0.4) is 0 Å². The Hall–Kier alpha value is -3.56. The summed E-state index contributed by atoms with van der Waals surface area (Å²) in [6, 6.07) is 3.60. The lowest BCUT2D eigenvalue weighted by Gasteiger charge is -2.20. The monoisotopic (exact) mass is 395 g/mol. The van der Waals surface area contributed by atoms with Crippen molar-refractivity contribution in [2.24, 2.45) is 0 Å². The Bertz CT molecular complexity index is 1170. The molecular weight excluding hydrogens is 374 g/mol. The Kier molecular flexibility index (Phi) is 4.83. The molecule has 0 aliphatic heterocycles. The first kappa shape index (κ1) is 18.8. The van der Waals surface area contributed by atoms with Gasteiger partial charge in [-0.2, -0.15) is 5.10 Å². The van der Waals surface area contributed by atoms with Gasteiger partial charge in [0.05, 0.1) is 28.9 Å². The Morgan fingerprint density at radius 1 is 1.14 bits per heavy atom. The normalized spacial score (nSPS) is 11.3. The van der Waals surface area contributed by atoms with Crippen molar-refractivity contribution in [1.29, 1.82) is 0 Å². The molecule has 29 heavy (non-hydrogen) atoms. The quantitative estimate of drug-likeness (QED) is 0.489. The largest absolute Gasteiger partial charge is 0.335 e. The van der Waals surface area contributed by atoms with Crippen LogP contribution >= 0.6 is 0 Å². The molecule has 4 aromatic rings. The van der Waals surface area contributed by atoms with Gasteiger partial charge in [0.25, 0.3) is 11.6 Å². The summed E-state index contributed by atoms with van der Waals surface area (Å²) in [5.74, 6) is -0.176. The van der Waals surface area contributed by atoms with Crippen molar-refractivity contribution in [1.82, 2.24) is 35.1 Å². The standard InChI is InChI=1S/C19H21N7O3/c1-5-25(10-16-11(3)23-29-24-16)19(27)13-9-15(14-7-8-26(6-2)21-14)20-18-17(13)12(4)22-28-18/h7-9H,5-6,10H2,1-4H3. The van der Waals surface area contributed by atoms with Crippen LogP contribution in [-0.2, 0) is 13.1 Å². The topological polar surface area (TPSA) is 116 Å². The molecule has 4 heterocycles. The van der Waals surface area contributed by atoms with Crippen LogP contribution in [0.15, 0.2) is 27.5 Å². The van der Waals surface area contributed by atoms with Crippen molar-refractivity contribution in [3.05, 3.63) is 41.0 Å². The molecule has 150 valence electrons. The fourth-order valence-electron chi connectivity index (χ4n) is 3.14. The van der Waals surface area contributed by atoms with E-state index < -0.39 is 0 Å². The molecule has 0 radical (unpaired) electrons. The van der Waals surface area contributed by atoms with E-state index in [0.717, 1.165) is 6.54 Å². The molecule has 10 nitrogen and oxygen atoms in total. The predicted molar refractivity (Wildman–Crippen MR) is 103 cm³/mol. The molecule has 10 heteroatoms. The lowest BCUT2D eigenvalue weighted by Crippen LogP contribution is -2.31. The lowest BCUT2D eigenvalue weighted by atomic mass is 10.1. The third kappa shape index (κ3) is 3.37. The van der Waals surface area contributed by atoms with E-state index in [1.807, 2.05) is 26.1 Å². The van der Waals surface area contributed by atoms with Gasteiger partial charge in [0.2, 0.25) is 0 Å². The Morgan fingerprint density at radius 3 is 2.62 bits per heavy atom. The summed E-state index contributed by atoms with van der Waals surface area (Å²) in [6.07, 6.45) is 1.87. The van der Waals surface area contributed by atoms with Crippen molar-refractivity contribution in [2.75, 3.05) is 6.54 Å². The maximum absolute atomic E-state index is 13.4. The lowest BCUT2D eigenvalue weighted by molar-refractivity contribution is 0.0750. The average molecular weight is 395 g/mol. The molecule has 0 unspecified atom stereocenters. The average Bonchev–Trinajstić information content (AvgIpc) is 3.45. The summed E-state index contributed by atoms with van der Waals surface area (Å²) in [7, 11) is 0. The summed E-state index contributed by atoms with van der Waals surface area (Å²) in [5.41, 5.74) is 3.88. The van der Waals surface area contributed by atoms with E-state index >= 15 is 0 Å². The van der Waals surface area contributed by atoms with Crippen molar-refractivity contribution >= 4 is 17.0 Å². The minimum atomic E-state index is -0.176. The smallest absolute Gasteiger partial charge is 0.259 e. The van der Waals surface area contributed by atoms with Crippen LogP contribution in [0, 0.1) is 13.8 Å². The first-order valence-corrected chi connectivity index (χ1v) is 9.40. The molecule has 0 aliphatic carbocycles. The van der Waals surface area contributed by atoms with Crippen molar-refractivity contribution in [3.8, 4) is 11.4 Å². The van der Waals surface area contributed by atoms with E-state index in [4.69, 9.17) is 9.15 Å². The highest BCUT2D eigenvalue weighted by molar-refractivity contribution is 6.06. The van der Waals surface area contributed by atoms with Gasteiger partial charge in [-0.15, -0.1) is 0 Å². The van der Waals surface area contributed by atoms with Gasteiger partial charge < -0.3 is 9.42 Å². The van der Waals surface area contributed by atoms with Crippen LogP contribution in [-0.4, -0.2) is 47.6 Å². The molecule has 0 spiro atoms. The third-order valence-electron chi connectivity index (χ3n) is 4.83. The molecule has 0 bridgehead atoms. The molecule has 0 fully saturated rings. The van der Waals surface area contributed by atoms with Gasteiger partial charge in [0.15, 0.2) is 0 Å². The van der Waals surface area contributed by atoms with Gasteiger partial charge in [0.1, 0.15) is 17.1 Å². The van der Waals surface area contributed by atoms with Crippen LogP contribution < -0.4 is 0 Å². The fraction of sp³-hybridized carbons (Fsp3) is 0.368. The van der Waals surface area contributed by atoms with Crippen molar-refractivity contribution in [3.63, 3.8) is 0 Å². The second-order valence-electron chi connectivity index (χ2n) is 6.68. The number of amides is 1. The highest BCUT2D eigenvalue weighted by atomic mass is 16.6. The SMILES string of the molecule is CCN(Cc1nonc1C)C(=O)c1cc(-c2ccn(CC)n2)nc2onc(C)c12. The van der Waals surface area contributed by atoms with Crippen LogP contribution in [0.1, 0.15) is 41.3 Å². The summed E-state index contributed by atoms with van der Waals surface area (Å²) in [6.45, 7) is 9.01. The molecule has 0 saturated heterocycles. The maximum Gasteiger partial charge on any atom is 0.259 e. The number of hydrogen-bond acceptors (Lipinski definition) is 8. The van der Waals surface area contributed by atoms with Gasteiger partial charge in [-0.25, -0.2) is 9.61 Å². The Labute approximate surface area is 166 Å². The number of aromatic nitrogens is 6. The van der Waals surface area contributed by atoms with Crippen LogP contribution in [0.25, 0.3) is 22.5 Å². The molecule has 0 saturated carbocycles. The van der Waals surface area contributed by atoms with Crippen LogP contribution in [0.2, 0.25) is 0 Å². The highest BCUT2D eigenvalue weighted by Crippen LogP contribution is 2.27. The van der Waals surface area contributed by atoms with Crippen LogP contribution in [0.5, 0.6) is 0 Å². The zero-order chi connectivity index (χ0) is 20.5. The van der Waals surface area contributed by atoms with Crippen molar-refractivity contribution < 1.29 is 13.9 Å². The third-order valence-corrected chi connectivity index (χ3v) is 4.83.